The van der Waals surface area contributed by atoms with Crippen LogP contribution < -0.4 is 5.32 Å². The van der Waals surface area contributed by atoms with E-state index in [-0.39, 0.29) is 17.9 Å². The van der Waals surface area contributed by atoms with Gasteiger partial charge in [0.25, 0.3) is 0 Å². The quantitative estimate of drug-likeness (QED) is 0.806. The highest BCUT2D eigenvalue weighted by molar-refractivity contribution is 5.90. The van der Waals surface area contributed by atoms with Gasteiger partial charge in [0.2, 0.25) is 5.91 Å². The molecule has 0 aromatic heterocycles. The Morgan fingerprint density at radius 2 is 1.91 bits per heavy atom. The number of carbonyl (C=O) groups is 3. The van der Waals surface area contributed by atoms with Crippen LogP contribution in [0.15, 0.2) is 0 Å². The maximum absolute atomic E-state index is 12.8. The Hall–Kier alpha value is -1.79. The fourth-order valence-corrected chi connectivity index (χ4v) is 3.50. The van der Waals surface area contributed by atoms with E-state index in [1.54, 1.807) is 20.8 Å². The van der Waals surface area contributed by atoms with Crippen molar-refractivity contribution in [3.8, 4) is 0 Å². The van der Waals surface area contributed by atoms with Crippen LogP contribution in [-0.2, 0) is 14.3 Å². The first-order chi connectivity index (χ1) is 10.6. The number of hydrogen-bond donors (Lipinski definition) is 2. The van der Waals surface area contributed by atoms with Gasteiger partial charge in [-0.05, 0) is 52.4 Å². The highest BCUT2D eigenvalue weighted by Gasteiger charge is 2.46. The standard InChI is InChI=1S/C16H26N2O5/c1-9-7-10-5-6-12(14(20)21)18(10)13(19)11(8-9)17-15(22)23-16(2,3)4/h9-12H,5-8H2,1-4H3,(H,17,22)(H,20,21)/t9-,10+,11-,12-/m0/s1. The number of ether oxygens (including phenoxy) is 1. The smallest absolute Gasteiger partial charge is 0.408 e. The van der Waals surface area contributed by atoms with Crippen LogP contribution in [0.5, 0.6) is 0 Å². The van der Waals surface area contributed by atoms with Crippen LogP contribution in [0.2, 0.25) is 0 Å². The second-order valence-electron chi connectivity index (χ2n) is 7.61. The molecule has 0 bridgehead atoms. The number of hydrogen-bond acceptors (Lipinski definition) is 4. The number of fused-ring (bicyclic) bond motifs is 1. The Morgan fingerprint density at radius 3 is 2.48 bits per heavy atom. The van der Waals surface area contributed by atoms with E-state index in [2.05, 4.69) is 5.32 Å². The molecule has 2 heterocycles. The van der Waals surface area contributed by atoms with Crippen molar-refractivity contribution >= 4 is 18.0 Å². The van der Waals surface area contributed by atoms with Crippen molar-refractivity contribution in [2.75, 3.05) is 0 Å². The van der Waals surface area contributed by atoms with Crippen molar-refractivity contribution in [3.05, 3.63) is 0 Å². The van der Waals surface area contributed by atoms with Crippen molar-refractivity contribution in [1.82, 2.24) is 10.2 Å². The number of rotatable bonds is 2. The van der Waals surface area contributed by atoms with Gasteiger partial charge < -0.3 is 20.1 Å². The third kappa shape index (κ3) is 4.14. The number of aliphatic carboxylic acids is 1. The van der Waals surface area contributed by atoms with Crippen molar-refractivity contribution in [1.29, 1.82) is 0 Å². The van der Waals surface area contributed by atoms with E-state index in [0.29, 0.717) is 19.3 Å². The molecule has 0 saturated carbocycles. The van der Waals surface area contributed by atoms with Gasteiger partial charge in [0.1, 0.15) is 17.7 Å². The zero-order chi connectivity index (χ0) is 17.4. The molecule has 0 aromatic rings. The summed E-state index contributed by atoms with van der Waals surface area (Å²) in [5, 5.41) is 12.0. The summed E-state index contributed by atoms with van der Waals surface area (Å²) in [7, 11) is 0. The second-order valence-corrected chi connectivity index (χ2v) is 7.61. The first-order valence-corrected chi connectivity index (χ1v) is 8.13. The van der Waals surface area contributed by atoms with E-state index in [4.69, 9.17) is 4.74 Å². The van der Waals surface area contributed by atoms with Crippen LogP contribution in [0, 0.1) is 5.92 Å². The third-order valence-electron chi connectivity index (χ3n) is 4.34. The summed E-state index contributed by atoms with van der Waals surface area (Å²) in [6, 6.07) is -1.57. The number of carbonyl (C=O) groups excluding carboxylic acids is 2. The highest BCUT2D eigenvalue weighted by Crippen LogP contribution is 2.34. The van der Waals surface area contributed by atoms with Crippen LogP contribution in [0.4, 0.5) is 4.79 Å². The molecule has 130 valence electrons. The van der Waals surface area contributed by atoms with Crippen molar-refractivity contribution < 1.29 is 24.2 Å². The SMILES string of the molecule is C[C@H]1C[C@H]2CC[C@@H](C(=O)O)N2C(=O)[C@@H](NC(=O)OC(C)(C)C)C1. The molecule has 2 N–H and O–H groups in total. The average Bonchev–Trinajstić information content (AvgIpc) is 2.73. The summed E-state index contributed by atoms with van der Waals surface area (Å²) < 4.78 is 5.21. The molecule has 2 rings (SSSR count). The Kier molecular flexibility index (Phi) is 4.87. The Bertz CT molecular complexity index is 499. The fraction of sp³-hybridized carbons (Fsp3) is 0.812. The average molecular weight is 326 g/mol. The summed E-state index contributed by atoms with van der Waals surface area (Å²) in [5.41, 5.74) is -0.650. The van der Waals surface area contributed by atoms with Crippen LogP contribution in [0.3, 0.4) is 0 Å². The Morgan fingerprint density at radius 1 is 1.26 bits per heavy atom. The molecule has 2 amide bonds. The molecule has 0 aliphatic carbocycles. The molecule has 2 aliphatic heterocycles. The number of nitrogens with zero attached hydrogens (tertiary/aromatic N) is 1. The molecular formula is C16H26N2O5. The molecule has 7 nitrogen and oxygen atoms in total. The van der Waals surface area contributed by atoms with Gasteiger partial charge >= 0.3 is 12.1 Å². The molecule has 23 heavy (non-hydrogen) atoms. The monoisotopic (exact) mass is 326 g/mol. The van der Waals surface area contributed by atoms with Crippen LogP contribution >= 0.6 is 0 Å². The van der Waals surface area contributed by atoms with Crippen LogP contribution in [-0.4, -0.2) is 51.7 Å². The Balaban J connectivity index is 2.15. The van der Waals surface area contributed by atoms with Gasteiger partial charge in [0.15, 0.2) is 0 Å². The fourth-order valence-electron chi connectivity index (χ4n) is 3.50. The van der Waals surface area contributed by atoms with E-state index in [9.17, 15) is 19.5 Å². The zero-order valence-electron chi connectivity index (χ0n) is 14.2. The van der Waals surface area contributed by atoms with Crippen LogP contribution in [0.1, 0.15) is 53.4 Å². The lowest BCUT2D eigenvalue weighted by molar-refractivity contribution is -0.150. The van der Waals surface area contributed by atoms with Gasteiger partial charge in [-0.3, -0.25) is 4.79 Å². The lowest BCUT2D eigenvalue weighted by atomic mass is 9.96. The van der Waals surface area contributed by atoms with E-state index in [1.165, 1.54) is 4.90 Å². The molecule has 7 heteroatoms. The molecule has 0 aromatic carbocycles. The number of carboxylic acid groups (broad SMARTS) is 1. The zero-order valence-corrected chi connectivity index (χ0v) is 14.2. The van der Waals surface area contributed by atoms with Gasteiger partial charge in [-0.2, -0.15) is 0 Å². The summed E-state index contributed by atoms with van der Waals surface area (Å²) in [6.45, 7) is 7.28. The summed E-state index contributed by atoms with van der Waals surface area (Å²) in [4.78, 5) is 37.6. The normalized spacial score (nSPS) is 31.3. The van der Waals surface area contributed by atoms with Gasteiger partial charge in [0.05, 0.1) is 0 Å². The molecule has 2 aliphatic rings. The lowest BCUT2D eigenvalue weighted by Crippen LogP contribution is -2.53. The molecular weight excluding hydrogens is 300 g/mol. The molecule has 2 fully saturated rings. The van der Waals surface area contributed by atoms with E-state index >= 15 is 0 Å². The molecule has 0 unspecified atom stereocenters. The van der Waals surface area contributed by atoms with Crippen molar-refractivity contribution in [2.45, 2.75) is 77.1 Å². The predicted molar refractivity (Wildman–Crippen MR) is 82.8 cm³/mol. The largest absolute Gasteiger partial charge is 0.480 e. The summed E-state index contributed by atoms with van der Waals surface area (Å²) >= 11 is 0. The van der Waals surface area contributed by atoms with Gasteiger partial charge in [0, 0.05) is 6.04 Å². The summed E-state index contributed by atoms with van der Waals surface area (Å²) in [5.74, 6) is -1.07. The first-order valence-electron chi connectivity index (χ1n) is 8.13. The van der Waals surface area contributed by atoms with Gasteiger partial charge in [-0.15, -0.1) is 0 Å². The number of carboxylic acids is 1. The van der Waals surface area contributed by atoms with Gasteiger partial charge in [-0.25, -0.2) is 9.59 Å². The van der Waals surface area contributed by atoms with Crippen molar-refractivity contribution in [3.63, 3.8) is 0 Å². The van der Waals surface area contributed by atoms with Gasteiger partial charge in [-0.1, -0.05) is 6.92 Å². The third-order valence-corrected chi connectivity index (χ3v) is 4.34. The second kappa shape index (κ2) is 6.37. The number of nitrogens with one attached hydrogen (secondary N) is 1. The lowest BCUT2D eigenvalue weighted by Gasteiger charge is -2.29. The van der Waals surface area contributed by atoms with Crippen molar-refractivity contribution in [2.24, 2.45) is 5.92 Å². The molecule has 2 saturated heterocycles. The van der Waals surface area contributed by atoms with Crippen LogP contribution in [0.25, 0.3) is 0 Å². The molecule has 4 atom stereocenters. The molecule has 0 radical (unpaired) electrons. The predicted octanol–water partition coefficient (Wildman–Crippen LogP) is 1.75. The highest BCUT2D eigenvalue weighted by atomic mass is 16.6. The minimum absolute atomic E-state index is 0.0518. The topological polar surface area (TPSA) is 95.9 Å². The van der Waals surface area contributed by atoms with E-state index in [1.807, 2.05) is 6.92 Å². The minimum atomic E-state index is -0.980. The van der Waals surface area contributed by atoms with E-state index in [0.717, 1.165) is 6.42 Å². The molecule has 0 spiro atoms. The summed E-state index contributed by atoms with van der Waals surface area (Å²) in [6.07, 6.45) is 1.79. The van der Waals surface area contributed by atoms with E-state index < -0.39 is 29.7 Å². The number of alkyl carbamates (subject to hydrolysis) is 1. The Labute approximate surface area is 136 Å². The maximum atomic E-state index is 12.8. The minimum Gasteiger partial charge on any atom is -0.480 e. The maximum Gasteiger partial charge on any atom is 0.408 e. The first kappa shape index (κ1) is 17.6. The number of amides is 2.